The molecule has 0 nitrogen and oxygen atoms in total. The molecule has 0 amide bonds. The number of hydrogen-bond donors (Lipinski definition) is 0. The van der Waals surface area contributed by atoms with Gasteiger partial charge in [0, 0.05) is 21.7 Å². The van der Waals surface area contributed by atoms with Crippen molar-refractivity contribution in [2.45, 2.75) is 38.8 Å². The molecule has 3 aromatic carbocycles. The quantitative estimate of drug-likeness (QED) is 0.243. The monoisotopic (exact) mass is 408 g/mol. The molecule has 0 bridgehead atoms. The Labute approximate surface area is 182 Å². The van der Waals surface area contributed by atoms with Crippen LogP contribution >= 0.6 is 8.20 Å². The van der Waals surface area contributed by atoms with Crippen LogP contribution in [0.1, 0.15) is 33.3 Å². The predicted molar refractivity (Wildman–Crippen MR) is 117 cm³/mol. The molecule has 2 heteroatoms. The third-order valence-corrected chi connectivity index (χ3v) is 5.82. The Hall–Kier alpha value is -1.20. The summed E-state index contributed by atoms with van der Waals surface area (Å²) in [4.78, 5) is 0. The van der Waals surface area contributed by atoms with Crippen LogP contribution in [-0.2, 0) is 27.1 Å². The molecule has 2 unspecified atom stereocenters. The molecule has 0 saturated heterocycles. The molecule has 0 spiro atoms. The van der Waals surface area contributed by atoms with Crippen molar-refractivity contribution in [3.63, 3.8) is 0 Å². The third-order valence-electron chi connectivity index (χ3n) is 4.06. The second-order valence-electron chi connectivity index (χ2n) is 7.68. The van der Waals surface area contributed by atoms with Crippen molar-refractivity contribution in [2.75, 3.05) is 0 Å². The molecule has 0 aromatic heterocycles. The van der Waals surface area contributed by atoms with Gasteiger partial charge in [0.15, 0.2) is 0 Å². The zero-order chi connectivity index (χ0) is 18.9. The summed E-state index contributed by atoms with van der Waals surface area (Å²) in [6.45, 7) is 8.96. The van der Waals surface area contributed by atoms with Crippen molar-refractivity contribution >= 4 is 14.0 Å². The fraction of sp³-hybridized carbons (Fsp3) is 0.280. The first-order chi connectivity index (χ1) is 12.4. The van der Waals surface area contributed by atoms with Crippen LogP contribution in [0.2, 0.25) is 0 Å². The van der Waals surface area contributed by atoms with E-state index in [9.17, 15) is 0 Å². The number of hydrogen-bond acceptors (Lipinski definition) is 0. The van der Waals surface area contributed by atoms with Crippen LogP contribution in [0.15, 0.2) is 91.0 Å². The zero-order valence-electron chi connectivity index (χ0n) is 16.8. The van der Waals surface area contributed by atoms with Gasteiger partial charge in [0.2, 0.25) is 0 Å². The van der Waals surface area contributed by atoms with E-state index in [-0.39, 0.29) is 32.5 Å². The molecule has 0 N–H and O–H groups in total. The van der Waals surface area contributed by atoms with Gasteiger partial charge in [-0.3, -0.25) is 0 Å². The molecule has 1 aliphatic rings. The van der Waals surface area contributed by atoms with Gasteiger partial charge in [0.1, 0.15) is 0 Å². The molecule has 2 atom stereocenters. The van der Waals surface area contributed by atoms with Crippen LogP contribution in [-0.4, -0.2) is 11.5 Å². The van der Waals surface area contributed by atoms with E-state index in [0.717, 1.165) is 0 Å². The fourth-order valence-corrected chi connectivity index (χ4v) is 3.75. The average molecular weight is 408 g/mol. The number of rotatable bonds is 2. The van der Waals surface area contributed by atoms with E-state index in [0.29, 0.717) is 5.66 Å². The molecule has 27 heavy (non-hydrogen) atoms. The summed E-state index contributed by atoms with van der Waals surface area (Å²) in [5.74, 6) is 3.55. The minimum absolute atomic E-state index is 0. The normalized spacial score (nSPS) is 20.5. The minimum Gasteiger partial charge on any atom is -0.464 e. The third kappa shape index (κ3) is 9.03. The van der Waals surface area contributed by atoms with Crippen LogP contribution in [0.3, 0.4) is 0 Å². The van der Waals surface area contributed by atoms with Gasteiger partial charge in [0.05, 0.1) is 0 Å². The molecule has 1 fully saturated rings. The van der Waals surface area contributed by atoms with Crippen molar-refractivity contribution in [1.29, 1.82) is 0 Å². The molecule has 1 saturated carbocycles. The maximum absolute atomic E-state index is 3.55. The summed E-state index contributed by atoms with van der Waals surface area (Å²) >= 11 is 0. The Morgan fingerprint density at radius 1 is 0.852 bits per heavy atom. The summed E-state index contributed by atoms with van der Waals surface area (Å²) in [6.07, 6.45) is 2.43. The predicted octanol–water partition coefficient (Wildman–Crippen LogP) is 7.01. The molecule has 3 aromatic rings. The molecule has 0 radical (unpaired) electrons. The van der Waals surface area contributed by atoms with Crippen LogP contribution in [0, 0.1) is 11.8 Å². The second-order valence-corrected chi connectivity index (χ2v) is 8.71. The zero-order valence-corrected chi connectivity index (χ0v) is 19.2. The maximum Gasteiger partial charge on any atom is 0 e. The van der Waals surface area contributed by atoms with Crippen molar-refractivity contribution < 1.29 is 21.7 Å². The van der Waals surface area contributed by atoms with Gasteiger partial charge in [-0.15, -0.1) is 0 Å². The Bertz CT molecular complexity index is 660. The first-order valence-electron chi connectivity index (χ1n) is 9.14. The van der Waals surface area contributed by atoms with Gasteiger partial charge in [-0.1, -0.05) is 63.6 Å². The van der Waals surface area contributed by atoms with Gasteiger partial charge in [-0.25, -0.2) is 24.3 Å². The van der Waals surface area contributed by atoms with Crippen molar-refractivity contribution in [3.05, 3.63) is 103 Å². The summed E-state index contributed by atoms with van der Waals surface area (Å²) < 4.78 is 0. The molecular formula is C25H29PTi-4. The van der Waals surface area contributed by atoms with Crippen molar-refractivity contribution in [2.24, 2.45) is 5.41 Å². The molecule has 142 valence electrons. The number of benzene rings is 1. The summed E-state index contributed by atoms with van der Waals surface area (Å²) in [7, 11) is 1.33. The van der Waals surface area contributed by atoms with Crippen molar-refractivity contribution in [1.82, 2.24) is 0 Å². The fourth-order valence-electron chi connectivity index (χ4n) is 2.42. The Morgan fingerprint density at radius 3 is 1.70 bits per heavy atom. The minimum atomic E-state index is 0. The maximum atomic E-state index is 3.55. The van der Waals surface area contributed by atoms with Crippen molar-refractivity contribution in [3.8, 4) is 0 Å². The first kappa shape index (κ1) is 23.8. The van der Waals surface area contributed by atoms with Gasteiger partial charge < -0.3 is 20.4 Å². The summed E-state index contributed by atoms with van der Waals surface area (Å²) in [5, 5.41) is 0. The Kier molecular flexibility index (Phi) is 10.2. The topological polar surface area (TPSA) is 0 Å². The molecule has 0 heterocycles. The van der Waals surface area contributed by atoms with Gasteiger partial charge in [0.25, 0.3) is 0 Å². The molecule has 0 aliphatic heterocycles. The Morgan fingerprint density at radius 2 is 1.33 bits per heavy atom. The van der Waals surface area contributed by atoms with E-state index in [1.165, 1.54) is 13.8 Å². The van der Waals surface area contributed by atoms with Gasteiger partial charge in [-0.2, -0.15) is 52.9 Å². The van der Waals surface area contributed by atoms with Gasteiger partial charge in [-0.05, 0) is 0 Å². The van der Waals surface area contributed by atoms with Crippen LogP contribution in [0.5, 0.6) is 0 Å². The van der Waals surface area contributed by atoms with E-state index in [1.54, 1.807) is 0 Å². The first-order valence-corrected chi connectivity index (χ1v) is 10.1. The summed E-state index contributed by atoms with van der Waals surface area (Å²) in [5.41, 5.74) is 2.56. The van der Waals surface area contributed by atoms with E-state index in [4.69, 9.17) is 0 Å². The van der Waals surface area contributed by atoms with Crippen LogP contribution in [0.25, 0.3) is 0 Å². The van der Waals surface area contributed by atoms with Gasteiger partial charge >= 0.3 is 0 Å². The molecular weight excluding hydrogens is 379 g/mol. The van der Waals surface area contributed by atoms with E-state index in [1.807, 2.05) is 60.7 Å². The Balaban J connectivity index is 0.000000270. The van der Waals surface area contributed by atoms with E-state index >= 15 is 0 Å². The molecule has 4 rings (SSSR count). The second kappa shape index (κ2) is 11.6. The average Bonchev–Trinajstić information content (AvgIpc) is 3.15. The van der Waals surface area contributed by atoms with Crippen LogP contribution in [0.4, 0.5) is 0 Å². The standard InChI is InChI=1S/C15H19P.2C5H5.Ti/c1-14(2,3)11-16-13-10-15(13,4)12-8-6-5-7-9-12;2*1-2-4-5-3-1;/h5-10,13H,1-4H3;2*1-5H;/q-2;2*-1;. The van der Waals surface area contributed by atoms with E-state index in [2.05, 4.69) is 70.2 Å². The largest absolute Gasteiger partial charge is 0.464 e. The SMILES string of the molecule is CC(C)(C)[C-]=PC1[CH-]C1(C)c1ccccc1.[Ti].c1cc[cH-]c1.c1cc[cH-]c1. The van der Waals surface area contributed by atoms with E-state index < -0.39 is 0 Å². The smallest absolute Gasteiger partial charge is 0 e. The summed E-state index contributed by atoms with van der Waals surface area (Å²) in [6, 6.07) is 30.8. The van der Waals surface area contributed by atoms with Crippen LogP contribution < -0.4 is 0 Å². The molecule has 1 aliphatic carbocycles.